The molecule has 0 atom stereocenters. The number of nitrogens with one attached hydrogen (secondary N) is 1. The predicted molar refractivity (Wildman–Crippen MR) is 73.7 cm³/mol. The van der Waals surface area contributed by atoms with Crippen LogP contribution in [0.15, 0.2) is 18.3 Å². The van der Waals surface area contributed by atoms with Crippen molar-refractivity contribution in [3.63, 3.8) is 0 Å². The molecule has 0 saturated heterocycles. The minimum absolute atomic E-state index is 0.0170. The zero-order valence-corrected chi connectivity index (χ0v) is 11.1. The van der Waals surface area contributed by atoms with Gasteiger partial charge in [-0.3, -0.25) is 4.79 Å². The Morgan fingerprint density at radius 2 is 2.05 bits per heavy atom. The fourth-order valence-corrected chi connectivity index (χ4v) is 2.66. The van der Waals surface area contributed by atoms with Crippen molar-refractivity contribution >= 4 is 11.7 Å². The molecule has 4 N–H and O–H groups in total. The molecule has 1 aliphatic carbocycles. The summed E-state index contributed by atoms with van der Waals surface area (Å²) in [6.45, 7) is 0.340. The summed E-state index contributed by atoms with van der Waals surface area (Å²) in [6.07, 6.45) is 7.52. The van der Waals surface area contributed by atoms with E-state index >= 15 is 0 Å². The van der Waals surface area contributed by atoms with Crippen LogP contribution in [-0.2, 0) is 4.79 Å². The Bertz CT molecular complexity index is 440. The van der Waals surface area contributed by atoms with Crippen LogP contribution in [0.25, 0.3) is 0 Å². The topological polar surface area (TPSA) is 88.2 Å². The van der Waals surface area contributed by atoms with E-state index in [-0.39, 0.29) is 17.5 Å². The molecule has 0 spiro atoms. The Kier molecular flexibility index (Phi) is 4.37. The van der Waals surface area contributed by atoms with Crippen LogP contribution in [0.4, 0.5) is 5.82 Å². The molecule has 5 nitrogen and oxygen atoms in total. The van der Waals surface area contributed by atoms with Gasteiger partial charge in [-0.25, -0.2) is 4.98 Å². The van der Waals surface area contributed by atoms with Gasteiger partial charge in [-0.15, -0.1) is 0 Å². The number of carbonyl (C=O) groups excluding carboxylic acids is 1. The third-order valence-electron chi connectivity index (χ3n) is 3.95. The molecule has 1 aliphatic rings. The van der Waals surface area contributed by atoms with E-state index in [1.54, 1.807) is 6.07 Å². The molecule has 1 aromatic heterocycles. The average Bonchev–Trinajstić information content (AvgIpc) is 2.67. The lowest BCUT2D eigenvalue weighted by Gasteiger charge is -2.29. The largest absolute Gasteiger partial charge is 0.504 e. The number of pyridine rings is 1. The van der Waals surface area contributed by atoms with Crippen molar-refractivity contribution in [2.24, 2.45) is 11.1 Å². The van der Waals surface area contributed by atoms with Gasteiger partial charge in [-0.05, 0) is 25.0 Å². The first-order valence-electron chi connectivity index (χ1n) is 6.83. The number of rotatable bonds is 3. The van der Waals surface area contributed by atoms with Crippen molar-refractivity contribution in [3.8, 4) is 5.75 Å². The van der Waals surface area contributed by atoms with Crippen molar-refractivity contribution in [1.82, 2.24) is 4.98 Å². The molecule has 0 bridgehead atoms. The summed E-state index contributed by atoms with van der Waals surface area (Å²) < 4.78 is 0. The van der Waals surface area contributed by atoms with Gasteiger partial charge in [0, 0.05) is 12.7 Å². The van der Waals surface area contributed by atoms with Crippen LogP contribution in [0.5, 0.6) is 5.75 Å². The van der Waals surface area contributed by atoms with Gasteiger partial charge in [0.25, 0.3) is 0 Å². The normalized spacial score (nSPS) is 18.6. The molecule has 1 saturated carbocycles. The molecule has 0 radical (unpaired) electrons. The number of hydrogen-bond donors (Lipinski definition) is 3. The van der Waals surface area contributed by atoms with E-state index in [0.717, 1.165) is 38.5 Å². The van der Waals surface area contributed by atoms with Crippen LogP contribution in [0.1, 0.15) is 38.5 Å². The summed E-state index contributed by atoms with van der Waals surface area (Å²) in [7, 11) is 0. The highest BCUT2D eigenvalue weighted by Gasteiger charge is 2.37. The first-order valence-corrected chi connectivity index (χ1v) is 6.83. The molecular formula is C14H21N3O2. The second-order valence-electron chi connectivity index (χ2n) is 5.22. The lowest BCUT2D eigenvalue weighted by Crippen LogP contribution is -2.42. The second kappa shape index (κ2) is 6.02. The number of amides is 1. The fourth-order valence-electron chi connectivity index (χ4n) is 2.66. The molecule has 1 amide bonds. The van der Waals surface area contributed by atoms with Crippen molar-refractivity contribution in [2.75, 3.05) is 11.9 Å². The van der Waals surface area contributed by atoms with E-state index in [9.17, 15) is 9.90 Å². The summed E-state index contributed by atoms with van der Waals surface area (Å²) in [5.74, 6) is 0.0760. The highest BCUT2D eigenvalue weighted by molar-refractivity contribution is 5.95. The Labute approximate surface area is 113 Å². The summed E-state index contributed by atoms with van der Waals surface area (Å²) in [4.78, 5) is 16.5. The van der Waals surface area contributed by atoms with Crippen LogP contribution in [-0.4, -0.2) is 22.5 Å². The molecule has 0 unspecified atom stereocenters. The number of aromatic hydroxyl groups is 1. The monoisotopic (exact) mass is 263 g/mol. The molecule has 0 aromatic carbocycles. The minimum atomic E-state index is -0.513. The fraction of sp³-hybridized carbons (Fsp3) is 0.571. The van der Waals surface area contributed by atoms with Gasteiger partial charge in [0.05, 0.1) is 5.41 Å². The van der Waals surface area contributed by atoms with Crippen LogP contribution in [0.2, 0.25) is 0 Å². The van der Waals surface area contributed by atoms with Gasteiger partial charge in [0.2, 0.25) is 5.91 Å². The highest BCUT2D eigenvalue weighted by Crippen LogP contribution is 2.35. The van der Waals surface area contributed by atoms with Crippen molar-refractivity contribution < 1.29 is 9.90 Å². The van der Waals surface area contributed by atoms with E-state index in [2.05, 4.69) is 10.3 Å². The Morgan fingerprint density at radius 1 is 1.37 bits per heavy atom. The molecule has 0 aliphatic heterocycles. The second-order valence-corrected chi connectivity index (χ2v) is 5.22. The average molecular weight is 263 g/mol. The smallest absolute Gasteiger partial charge is 0.233 e. The third-order valence-corrected chi connectivity index (χ3v) is 3.95. The highest BCUT2D eigenvalue weighted by atomic mass is 16.3. The predicted octanol–water partition coefficient (Wildman–Crippen LogP) is 2.02. The van der Waals surface area contributed by atoms with Crippen LogP contribution in [0, 0.1) is 5.41 Å². The number of hydrogen-bond acceptors (Lipinski definition) is 4. The van der Waals surface area contributed by atoms with E-state index in [0.29, 0.717) is 6.54 Å². The first kappa shape index (κ1) is 13.8. The van der Waals surface area contributed by atoms with Crippen LogP contribution >= 0.6 is 0 Å². The molecule has 5 heteroatoms. The molecule has 19 heavy (non-hydrogen) atoms. The molecule has 1 aromatic rings. The lowest BCUT2D eigenvalue weighted by atomic mass is 9.79. The zero-order valence-electron chi connectivity index (χ0n) is 11.1. The van der Waals surface area contributed by atoms with E-state index in [1.165, 1.54) is 12.3 Å². The summed E-state index contributed by atoms with van der Waals surface area (Å²) in [6, 6.07) is 3.13. The molecular weight excluding hydrogens is 242 g/mol. The number of nitrogens with two attached hydrogens (primary N) is 1. The van der Waals surface area contributed by atoms with Gasteiger partial charge in [-0.2, -0.15) is 0 Å². The third kappa shape index (κ3) is 3.04. The van der Waals surface area contributed by atoms with Crippen LogP contribution in [0.3, 0.4) is 0 Å². The summed E-state index contributed by atoms with van der Waals surface area (Å²) in [5, 5.41) is 12.4. The first-order chi connectivity index (χ1) is 9.18. The lowest BCUT2D eigenvalue weighted by molar-refractivity contribution is -0.125. The maximum Gasteiger partial charge on any atom is 0.233 e. The number of carbonyl (C=O) groups is 1. The van der Waals surface area contributed by atoms with Crippen molar-refractivity contribution in [2.45, 2.75) is 38.5 Å². The van der Waals surface area contributed by atoms with Gasteiger partial charge in [-0.1, -0.05) is 25.7 Å². The van der Waals surface area contributed by atoms with Crippen molar-refractivity contribution in [3.05, 3.63) is 18.3 Å². The molecule has 2 rings (SSSR count). The molecule has 104 valence electrons. The number of nitrogens with zero attached hydrogens (tertiary/aromatic N) is 1. The van der Waals surface area contributed by atoms with E-state index in [1.807, 2.05) is 0 Å². The zero-order chi connectivity index (χ0) is 13.7. The summed E-state index contributed by atoms with van der Waals surface area (Å²) in [5.41, 5.74) is 5.34. The van der Waals surface area contributed by atoms with Gasteiger partial charge >= 0.3 is 0 Å². The van der Waals surface area contributed by atoms with E-state index in [4.69, 9.17) is 5.73 Å². The van der Waals surface area contributed by atoms with Crippen molar-refractivity contribution in [1.29, 1.82) is 0 Å². The number of aromatic nitrogens is 1. The maximum atomic E-state index is 12.5. The standard InChI is InChI=1S/C14H21N3O2/c15-10-14(7-3-1-2-4-8-14)13(19)17-12-11(18)6-5-9-16-12/h5-6,9,18H,1-4,7-8,10,15H2,(H,16,17,19). The molecule has 1 fully saturated rings. The minimum Gasteiger partial charge on any atom is -0.504 e. The van der Waals surface area contributed by atoms with E-state index < -0.39 is 5.41 Å². The van der Waals surface area contributed by atoms with Gasteiger partial charge in [0.1, 0.15) is 0 Å². The SMILES string of the molecule is NCC1(C(=O)Nc2ncccc2O)CCCCCC1. The Balaban J connectivity index is 2.14. The maximum absolute atomic E-state index is 12.5. The quantitative estimate of drug-likeness (QED) is 0.728. The van der Waals surface area contributed by atoms with Gasteiger partial charge < -0.3 is 16.2 Å². The van der Waals surface area contributed by atoms with Gasteiger partial charge in [0.15, 0.2) is 11.6 Å². The number of anilines is 1. The molecule has 1 heterocycles. The van der Waals surface area contributed by atoms with Crippen LogP contribution < -0.4 is 11.1 Å². The Morgan fingerprint density at radius 3 is 2.63 bits per heavy atom. The summed E-state index contributed by atoms with van der Waals surface area (Å²) >= 11 is 0. The Hall–Kier alpha value is -1.62.